The third-order valence-corrected chi connectivity index (χ3v) is 7.97. The molecule has 1 aliphatic rings. The van der Waals surface area contributed by atoms with E-state index in [1.54, 1.807) is 17.0 Å². The lowest BCUT2D eigenvalue weighted by atomic mass is 9.88. The van der Waals surface area contributed by atoms with E-state index in [4.69, 9.17) is 4.74 Å². The molecule has 2 heterocycles. The number of amides is 2. The highest BCUT2D eigenvalue weighted by atomic mass is 19.1. The molecule has 0 radical (unpaired) electrons. The minimum Gasteiger partial charge on any atom is -0.484 e. The third kappa shape index (κ3) is 8.69. The summed E-state index contributed by atoms with van der Waals surface area (Å²) in [6.45, 7) is 1.68. The van der Waals surface area contributed by atoms with E-state index in [0.29, 0.717) is 43.8 Å². The van der Waals surface area contributed by atoms with Crippen LogP contribution in [0, 0.1) is 23.3 Å². The van der Waals surface area contributed by atoms with E-state index in [2.05, 4.69) is 15.6 Å². The third-order valence-electron chi connectivity index (χ3n) is 7.97. The lowest BCUT2D eigenvalue weighted by molar-refractivity contribution is -0.136. The first-order valence-corrected chi connectivity index (χ1v) is 15.1. The Morgan fingerprint density at radius 3 is 2.41 bits per heavy atom. The maximum absolute atomic E-state index is 15.0. The van der Waals surface area contributed by atoms with Crippen molar-refractivity contribution in [3.8, 4) is 5.75 Å². The average molecular weight is 635 g/mol. The van der Waals surface area contributed by atoms with Gasteiger partial charge in [-0.25, -0.2) is 17.6 Å². The summed E-state index contributed by atoms with van der Waals surface area (Å²) in [6.07, 6.45) is 3.53. The molecule has 3 aromatic carbocycles. The minimum atomic E-state index is -0.809. The van der Waals surface area contributed by atoms with Crippen molar-refractivity contribution in [3.63, 3.8) is 0 Å². The summed E-state index contributed by atoms with van der Waals surface area (Å²) in [5.74, 6) is -3.57. The number of rotatable bonds is 12. The predicted octanol–water partition coefficient (Wildman–Crippen LogP) is 6.00. The second-order valence-corrected chi connectivity index (χ2v) is 11.1. The molecule has 240 valence electrons. The Kier molecular flexibility index (Phi) is 11.0. The molecular weight excluding hydrogens is 600 g/mol. The molecule has 11 heteroatoms. The highest BCUT2D eigenvalue weighted by molar-refractivity contribution is 5.92. The number of nitrogens with one attached hydrogen (secondary N) is 2. The largest absolute Gasteiger partial charge is 0.484 e. The quantitative estimate of drug-likeness (QED) is 0.187. The van der Waals surface area contributed by atoms with Crippen LogP contribution in [-0.4, -0.2) is 54.0 Å². The van der Waals surface area contributed by atoms with Crippen LogP contribution in [0.2, 0.25) is 0 Å². The summed E-state index contributed by atoms with van der Waals surface area (Å²) in [4.78, 5) is 32.0. The number of carbonyl (C=O) groups excluding carboxylic acids is 2. The van der Waals surface area contributed by atoms with Crippen LogP contribution in [0.5, 0.6) is 5.75 Å². The Bertz CT molecular complexity index is 1620. The average Bonchev–Trinajstić information content (AvgIpc) is 3.04. The van der Waals surface area contributed by atoms with Crippen molar-refractivity contribution in [1.29, 1.82) is 0 Å². The van der Waals surface area contributed by atoms with Gasteiger partial charge in [0.05, 0.1) is 18.1 Å². The fourth-order valence-corrected chi connectivity index (χ4v) is 5.72. The molecule has 4 aromatic rings. The molecule has 46 heavy (non-hydrogen) atoms. The standard InChI is InChI=1S/C35H34F4N4O3/c36-25-11-9-23(10-12-25)31(24-15-26(37)17-27(38)16-24)18-34(44)42-33-21-41-20-32(39)30(33)8-4-5-28-19-40-13-14-43(28)35(45)22-46-29-6-2-1-3-7-29/h1-3,6-7,9-12,15-17,20-21,28,31,40H,4-5,8,13-14,18-19,22H2,(H,42,44). The molecular formula is C35H34F4N4O3. The molecule has 2 amide bonds. The zero-order valence-electron chi connectivity index (χ0n) is 25.0. The molecule has 1 saturated heterocycles. The van der Waals surface area contributed by atoms with Crippen LogP contribution in [0.25, 0.3) is 0 Å². The fourth-order valence-electron chi connectivity index (χ4n) is 5.72. The molecule has 1 aliphatic heterocycles. The highest BCUT2D eigenvalue weighted by Gasteiger charge is 2.27. The number of nitrogens with zero attached hydrogens (tertiary/aromatic N) is 2. The van der Waals surface area contributed by atoms with Crippen LogP contribution in [0.15, 0.2) is 85.2 Å². The van der Waals surface area contributed by atoms with Crippen molar-refractivity contribution in [2.45, 2.75) is 37.6 Å². The summed E-state index contributed by atoms with van der Waals surface area (Å²) in [6, 6.07) is 17.3. The van der Waals surface area contributed by atoms with Crippen LogP contribution in [0.4, 0.5) is 23.2 Å². The van der Waals surface area contributed by atoms with E-state index >= 15 is 4.39 Å². The number of piperazine rings is 1. The van der Waals surface area contributed by atoms with Gasteiger partial charge in [-0.05, 0) is 66.8 Å². The number of halogens is 4. The molecule has 2 atom stereocenters. The highest BCUT2D eigenvalue weighted by Crippen LogP contribution is 2.31. The number of carbonyl (C=O) groups is 2. The van der Waals surface area contributed by atoms with Crippen molar-refractivity contribution >= 4 is 17.5 Å². The number of hydrogen-bond donors (Lipinski definition) is 2. The lowest BCUT2D eigenvalue weighted by Gasteiger charge is -2.36. The first kappa shape index (κ1) is 32.6. The van der Waals surface area contributed by atoms with Crippen LogP contribution in [-0.2, 0) is 16.0 Å². The van der Waals surface area contributed by atoms with Crippen LogP contribution in [0.1, 0.15) is 41.9 Å². The van der Waals surface area contributed by atoms with Crippen LogP contribution >= 0.6 is 0 Å². The summed E-state index contributed by atoms with van der Waals surface area (Å²) in [7, 11) is 0. The van der Waals surface area contributed by atoms with Gasteiger partial charge in [-0.15, -0.1) is 0 Å². The number of benzene rings is 3. The van der Waals surface area contributed by atoms with Gasteiger partial charge < -0.3 is 20.3 Å². The van der Waals surface area contributed by atoms with Gasteiger partial charge in [-0.1, -0.05) is 30.3 Å². The molecule has 7 nitrogen and oxygen atoms in total. The van der Waals surface area contributed by atoms with Crippen molar-refractivity contribution in [2.75, 3.05) is 31.6 Å². The molecule has 0 bridgehead atoms. The van der Waals surface area contributed by atoms with E-state index in [1.165, 1.54) is 30.5 Å². The maximum atomic E-state index is 15.0. The zero-order chi connectivity index (χ0) is 32.5. The smallest absolute Gasteiger partial charge is 0.260 e. The van der Waals surface area contributed by atoms with Crippen LogP contribution in [0.3, 0.4) is 0 Å². The number of ether oxygens (including phenoxy) is 1. The second-order valence-electron chi connectivity index (χ2n) is 11.1. The lowest BCUT2D eigenvalue weighted by Crippen LogP contribution is -2.54. The zero-order valence-corrected chi connectivity index (χ0v) is 25.0. The molecule has 1 aromatic heterocycles. The van der Waals surface area contributed by atoms with Crippen molar-refractivity contribution in [1.82, 2.24) is 15.2 Å². The number of aromatic nitrogens is 1. The summed E-state index contributed by atoms with van der Waals surface area (Å²) >= 11 is 0. The Balaban J connectivity index is 1.24. The predicted molar refractivity (Wildman–Crippen MR) is 165 cm³/mol. The topological polar surface area (TPSA) is 83.6 Å². The number of pyridine rings is 1. The van der Waals surface area contributed by atoms with Gasteiger partial charge in [0.25, 0.3) is 5.91 Å². The summed E-state index contributed by atoms with van der Waals surface area (Å²) in [5.41, 5.74) is 1.12. The molecule has 2 N–H and O–H groups in total. The molecule has 2 unspecified atom stereocenters. The SMILES string of the molecule is O=C(CC(c1ccc(F)cc1)c1cc(F)cc(F)c1)Nc1cncc(F)c1CCCC1CNCCN1C(=O)COc1ccccc1. The normalized spacial score (nSPS) is 15.3. The molecule has 0 spiro atoms. The Morgan fingerprint density at radius 1 is 0.935 bits per heavy atom. The Hall–Kier alpha value is -4.77. The molecule has 1 fully saturated rings. The monoisotopic (exact) mass is 634 g/mol. The minimum absolute atomic E-state index is 0.0865. The van der Waals surface area contributed by atoms with Crippen LogP contribution < -0.4 is 15.4 Å². The fraction of sp³-hybridized carbons (Fsp3) is 0.286. The molecule has 0 aliphatic carbocycles. The number of hydrogen-bond acceptors (Lipinski definition) is 5. The van der Waals surface area contributed by atoms with Gasteiger partial charge in [0, 0.05) is 49.6 Å². The second kappa shape index (κ2) is 15.5. The summed E-state index contributed by atoms with van der Waals surface area (Å²) in [5, 5.41) is 6.02. The van der Waals surface area contributed by atoms with Gasteiger partial charge in [0.15, 0.2) is 6.61 Å². The van der Waals surface area contributed by atoms with E-state index < -0.39 is 35.1 Å². The van der Waals surface area contributed by atoms with Gasteiger partial charge >= 0.3 is 0 Å². The van der Waals surface area contributed by atoms with Gasteiger partial charge in [0.2, 0.25) is 5.91 Å². The van der Waals surface area contributed by atoms with Gasteiger partial charge in [-0.3, -0.25) is 14.6 Å². The molecule has 5 rings (SSSR count). The van der Waals surface area contributed by atoms with Gasteiger partial charge in [0.1, 0.15) is 29.0 Å². The first-order valence-electron chi connectivity index (χ1n) is 15.1. The Morgan fingerprint density at radius 2 is 1.67 bits per heavy atom. The molecule has 0 saturated carbocycles. The number of anilines is 1. The van der Waals surface area contributed by atoms with E-state index in [-0.39, 0.29) is 48.2 Å². The van der Waals surface area contributed by atoms with Crippen molar-refractivity contribution in [2.24, 2.45) is 0 Å². The van der Waals surface area contributed by atoms with E-state index in [0.717, 1.165) is 24.4 Å². The summed E-state index contributed by atoms with van der Waals surface area (Å²) < 4.78 is 62.5. The first-order chi connectivity index (χ1) is 22.3. The van der Waals surface area contributed by atoms with E-state index in [1.807, 2.05) is 18.2 Å². The Labute approximate surface area is 264 Å². The van der Waals surface area contributed by atoms with Gasteiger partial charge in [-0.2, -0.15) is 0 Å². The number of para-hydroxylation sites is 1. The van der Waals surface area contributed by atoms with Crippen molar-refractivity contribution < 1.29 is 31.9 Å². The van der Waals surface area contributed by atoms with Crippen molar-refractivity contribution in [3.05, 3.63) is 125 Å². The maximum Gasteiger partial charge on any atom is 0.260 e. The van der Waals surface area contributed by atoms with E-state index in [9.17, 15) is 22.8 Å².